The Balaban J connectivity index is 0.000000686. The Labute approximate surface area is 100 Å². The number of fused-ring (bicyclic) bond motifs is 1. The highest BCUT2D eigenvalue weighted by atomic mass is 19.1. The summed E-state index contributed by atoms with van der Waals surface area (Å²) in [5.41, 5.74) is 1.03. The number of rotatable bonds is 2. The van der Waals surface area contributed by atoms with E-state index in [0.717, 1.165) is 17.4 Å². The van der Waals surface area contributed by atoms with Crippen molar-refractivity contribution in [3.63, 3.8) is 0 Å². The van der Waals surface area contributed by atoms with Gasteiger partial charge >= 0.3 is 0 Å². The van der Waals surface area contributed by atoms with Gasteiger partial charge in [0.25, 0.3) is 0 Å². The summed E-state index contributed by atoms with van der Waals surface area (Å²) in [6.07, 6.45) is 4.02. The third-order valence-electron chi connectivity index (χ3n) is 2.57. The molecule has 0 unspecified atom stereocenters. The minimum Gasteiger partial charge on any atom is -0.264 e. The lowest BCUT2D eigenvalue weighted by atomic mass is 10.0. The van der Waals surface area contributed by atoms with Crippen molar-refractivity contribution in [1.82, 2.24) is 4.98 Å². The fraction of sp³-hybridized carbons (Fsp3) is 0.357. The van der Waals surface area contributed by atoms with Gasteiger partial charge in [-0.25, -0.2) is 8.78 Å². The monoisotopic (exact) mass is 237 g/mol. The zero-order valence-corrected chi connectivity index (χ0v) is 10.4. The molecule has 0 atom stereocenters. The molecule has 1 aromatic carbocycles. The average Bonchev–Trinajstić information content (AvgIpc) is 2.40. The van der Waals surface area contributed by atoms with Gasteiger partial charge in [-0.05, 0) is 29.5 Å². The molecule has 1 nitrogen and oxygen atoms in total. The van der Waals surface area contributed by atoms with Gasteiger partial charge in [0.2, 0.25) is 0 Å². The first-order valence-corrected chi connectivity index (χ1v) is 5.87. The van der Waals surface area contributed by atoms with Gasteiger partial charge in [-0.1, -0.05) is 20.8 Å². The van der Waals surface area contributed by atoms with Crippen LogP contribution < -0.4 is 0 Å². The van der Waals surface area contributed by atoms with Crippen LogP contribution in [-0.2, 0) is 13.1 Å². The highest BCUT2D eigenvalue weighted by Gasteiger charge is 2.10. The Morgan fingerprint density at radius 2 is 1.88 bits per heavy atom. The Kier molecular flexibility index (Phi) is 5.01. The molecule has 2 rings (SSSR count). The van der Waals surface area contributed by atoms with Crippen LogP contribution in [0.2, 0.25) is 0 Å². The Morgan fingerprint density at radius 3 is 2.47 bits per heavy atom. The van der Waals surface area contributed by atoms with Crippen LogP contribution in [0, 0.1) is 5.82 Å². The van der Waals surface area contributed by atoms with Gasteiger partial charge in [0.05, 0.1) is 0 Å². The van der Waals surface area contributed by atoms with Crippen LogP contribution in [0.4, 0.5) is 8.78 Å². The van der Waals surface area contributed by atoms with Crippen LogP contribution in [0.3, 0.4) is 0 Å². The third-order valence-corrected chi connectivity index (χ3v) is 2.57. The largest absolute Gasteiger partial charge is 0.264 e. The summed E-state index contributed by atoms with van der Waals surface area (Å²) in [6, 6.07) is 2.92. The summed E-state index contributed by atoms with van der Waals surface area (Å²) < 4.78 is 26.1. The molecule has 0 aliphatic heterocycles. The van der Waals surface area contributed by atoms with Crippen LogP contribution in [-0.4, -0.2) is 4.98 Å². The molecule has 0 bridgehead atoms. The summed E-state index contributed by atoms with van der Waals surface area (Å²) in [6.45, 7) is 5.17. The van der Waals surface area contributed by atoms with Crippen molar-refractivity contribution in [1.29, 1.82) is 0 Å². The Bertz CT molecular complexity index is 495. The van der Waals surface area contributed by atoms with Crippen molar-refractivity contribution in [2.75, 3.05) is 0 Å². The lowest BCUT2D eigenvalue weighted by Gasteiger charge is -2.08. The molecule has 0 aliphatic rings. The number of nitrogens with zero attached hydrogens (tertiary/aromatic N) is 1. The van der Waals surface area contributed by atoms with E-state index >= 15 is 0 Å². The number of halogens is 2. The zero-order valence-electron chi connectivity index (χ0n) is 10.4. The van der Waals surface area contributed by atoms with E-state index in [-0.39, 0.29) is 5.56 Å². The SMILES string of the molecule is CC.CCc1cncc2ccc(F)c(CF)c12. The smallest absolute Gasteiger partial charge is 0.129 e. The molecule has 0 spiro atoms. The maximum absolute atomic E-state index is 13.4. The summed E-state index contributed by atoms with van der Waals surface area (Å²) in [5.74, 6) is -0.481. The molecule has 92 valence electrons. The number of alkyl halides is 1. The minimum absolute atomic E-state index is 0.145. The predicted octanol–water partition coefficient (Wildman–Crippen LogP) is 4.43. The van der Waals surface area contributed by atoms with Gasteiger partial charge in [-0.2, -0.15) is 0 Å². The van der Waals surface area contributed by atoms with Crippen LogP contribution in [0.15, 0.2) is 24.5 Å². The van der Waals surface area contributed by atoms with Crippen LogP contribution in [0.1, 0.15) is 31.9 Å². The number of hydrogen-bond donors (Lipinski definition) is 0. The van der Waals surface area contributed by atoms with E-state index < -0.39 is 12.5 Å². The summed E-state index contributed by atoms with van der Waals surface area (Å²) in [4.78, 5) is 4.04. The first-order chi connectivity index (χ1) is 8.27. The van der Waals surface area contributed by atoms with Crippen LogP contribution in [0.25, 0.3) is 10.8 Å². The molecule has 1 heterocycles. The van der Waals surface area contributed by atoms with Crippen LogP contribution in [0.5, 0.6) is 0 Å². The molecule has 1 aromatic heterocycles. The van der Waals surface area contributed by atoms with Gasteiger partial charge < -0.3 is 0 Å². The fourth-order valence-corrected chi connectivity index (χ4v) is 1.80. The van der Waals surface area contributed by atoms with E-state index in [1.807, 2.05) is 20.8 Å². The molecule has 0 fully saturated rings. The van der Waals surface area contributed by atoms with Gasteiger partial charge in [-0.15, -0.1) is 0 Å². The fourth-order valence-electron chi connectivity index (χ4n) is 1.80. The first-order valence-electron chi connectivity index (χ1n) is 5.87. The van der Waals surface area contributed by atoms with Crippen LogP contribution >= 0.6 is 0 Å². The molecule has 0 radical (unpaired) electrons. The minimum atomic E-state index is -0.778. The molecule has 2 aromatic rings. The Morgan fingerprint density at radius 1 is 1.18 bits per heavy atom. The number of pyridine rings is 1. The predicted molar refractivity (Wildman–Crippen MR) is 67.2 cm³/mol. The van der Waals surface area contributed by atoms with E-state index in [9.17, 15) is 8.78 Å². The van der Waals surface area contributed by atoms with Crippen molar-refractivity contribution in [3.05, 3.63) is 41.5 Å². The zero-order chi connectivity index (χ0) is 12.8. The molecular formula is C14H17F2N. The number of benzene rings is 1. The van der Waals surface area contributed by atoms with Crippen molar-refractivity contribution in [2.45, 2.75) is 33.9 Å². The average molecular weight is 237 g/mol. The molecule has 0 N–H and O–H groups in total. The number of aryl methyl sites for hydroxylation is 1. The molecular weight excluding hydrogens is 220 g/mol. The van der Waals surface area contributed by atoms with E-state index in [2.05, 4.69) is 4.98 Å². The van der Waals surface area contributed by atoms with Gasteiger partial charge in [0.1, 0.15) is 12.5 Å². The molecule has 17 heavy (non-hydrogen) atoms. The summed E-state index contributed by atoms with van der Waals surface area (Å²) >= 11 is 0. The maximum atomic E-state index is 13.4. The van der Waals surface area contributed by atoms with Crippen molar-refractivity contribution in [3.8, 4) is 0 Å². The second-order valence-corrected chi connectivity index (χ2v) is 3.41. The highest BCUT2D eigenvalue weighted by molar-refractivity contribution is 5.88. The maximum Gasteiger partial charge on any atom is 0.129 e. The van der Waals surface area contributed by atoms with E-state index in [1.165, 1.54) is 6.07 Å². The van der Waals surface area contributed by atoms with Gasteiger partial charge in [0, 0.05) is 23.3 Å². The summed E-state index contributed by atoms with van der Waals surface area (Å²) in [5, 5.41) is 1.47. The summed E-state index contributed by atoms with van der Waals surface area (Å²) in [7, 11) is 0. The molecule has 3 heteroatoms. The van der Waals surface area contributed by atoms with E-state index in [0.29, 0.717) is 5.39 Å². The molecule has 0 saturated carbocycles. The van der Waals surface area contributed by atoms with Crippen molar-refractivity contribution < 1.29 is 8.78 Å². The van der Waals surface area contributed by atoms with Crippen molar-refractivity contribution in [2.24, 2.45) is 0 Å². The normalized spacial score (nSPS) is 9.94. The molecule has 0 aliphatic carbocycles. The topological polar surface area (TPSA) is 12.9 Å². The quantitative estimate of drug-likeness (QED) is 0.752. The Hall–Kier alpha value is -1.51. The second-order valence-electron chi connectivity index (χ2n) is 3.41. The molecule has 0 amide bonds. The lowest BCUT2D eigenvalue weighted by Crippen LogP contribution is -1.94. The van der Waals surface area contributed by atoms with Gasteiger partial charge in [0.15, 0.2) is 0 Å². The highest BCUT2D eigenvalue weighted by Crippen LogP contribution is 2.25. The number of aromatic nitrogens is 1. The van der Waals surface area contributed by atoms with E-state index in [4.69, 9.17) is 0 Å². The van der Waals surface area contributed by atoms with Crippen molar-refractivity contribution >= 4 is 10.8 Å². The molecule has 0 saturated heterocycles. The first kappa shape index (κ1) is 13.6. The number of hydrogen-bond acceptors (Lipinski definition) is 1. The standard InChI is InChI=1S/C12H11F2N.C2H6/c1-2-8-6-15-7-9-3-4-11(14)10(5-13)12(8)9;1-2/h3-4,6-7H,2,5H2,1H3;1-2H3. The second kappa shape index (κ2) is 6.28. The van der Waals surface area contributed by atoms with Gasteiger partial charge in [-0.3, -0.25) is 4.98 Å². The van der Waals surface area contributed by atoms with E-state index in [1.54, 1.807) is 18.5 Å². The lowest BCUT2D eigenvalue weighted by molar-refractivity contribution is 0.467. The third kappa shape index (κ3) is 2.60.